The molecule has 0 aliphatic carbocycles. The monoisotopic (exact) mass is 340 g/mol. The van der Waals surface area contributed by atoms with Gasteiger partial charge in [-0.05, 0) is 24.1 Å². The summed E-state index contributed by atoms with van der Waals surface area (Å²) in [5.41, 5.74) is 1.62. The number of ether oxygens (including phenoxy) is 1. The predicted octanol–water partition coefficient (Wildman–Crippen LogP) is 2.75. The van der Waals surface area contributed by atoms with Crippen molar-refractivity contribution in [1.82, 2.24) is 9.80 Å². The standard InChI is InChI=1S/C20H24N2O3/c1-25-17-8-9-18(19(23)14-17)20(24)22-11-5-10-21(12-13-22)15-16-6-3-2-4-7-16/h2-4,6-9,14,23H,5,10-13,15H2,1H3. The van der Waals surface area contributed by atoms with Gasteiger partial charge in [0, 0.05) is 38.8 Å². The Hall–Kier alpha value is -2.53. The fourth-order valence-corrected chi connectivity index (χ4v) is 3.16. The molecule has 1 aliphatic heterocycles. The summed E-state index contributed by atoms with van der Waals surface area (Å²) in [7, 11) is 1.53. The van der Waals surface area contributed by atoms with Crippen molar-refractivity contribution in [2.75, 3.05) is 33.3 Å². The Labute approximate surface area is 148 Å². The number of methoxy groups -OCH3 is 1. The number of hydrogen-bond acceptors (Lipinski definition) is 4. The SMILES string of the molecule is COc1ccc(C(=O)N2CCCN(Cc3ccccc3)CC2)c(O)c1. The van der Waals surface area contributed by atoms with Gasteiger partial charge in [-0.1, -0.05) is 30.3 Å². The molecule has 3 rings (SSSR count). The lowest BCUT2D eigenvalue weighted by Gasteiger charge is -2.22. The number of nitrogens with zero attached hydrogens (tertiary/aromatic N) is 2. The Balaban J connectivity index is 1.63. The number of hydrogen-bond donors (Lipinski definition) is 1. The van der Waals surface area contributed by atoms with Gasteiger partial charge in [0.05, 0.1) is 12.7 Å². The van der Waals surface area contributed by atoms with E-state index >= 15 is 0 Å². The highest BCUT2D eigenvalue weighted by Gasteiger charge is 2.22. The highest BCUT2D eigenvalue weighted by Crippen LogP contribution is 2.25. The van der Waals surface area contributed by atoms with Crippen LogP contribution in [0.2, 0.25) is 0 Å². The average molecular weight is 340 g/mol. The molecule has 25 heavy (non-hydrogen) atoms. The molecule has 5 nitrogen and oxygen atoms in total. The van der Waals surface area contributed by atoms with E-state index in [-0.39, 0.29) is 11.7 Å². The summed E-state index contributed by atoms with van der Waals surface area (Å²) in [5, 5.41) is 10.1. The van der Waals surface area contributed by atoms with Crippen LogP contribution in [-0.4, -0.2) is 54.1 Å². The number of benzene rings is 2. The maximum absolute atomic E-state index is 12.7. The van der Waals surface area contributed by atoms with Crippen molar-refractivity contribution in [2.24, 2.45) is 0 Å². The van der Waals surface area contributed by atoms with Crippen molar-refractivity contribution < 1.29 is 14.6 Å². The molecule has 0 atom stereocenters. The minimum atomic E-state index is -0.123. The van der Waals surface area contributed by atoms with Gasteiger partial charge < -0.3 is 14.7 Å². The van der Waals surface area contributed by atoms with Crippen molar-refractivity contribution in [1.29, 1.82) is 0 Å². The number of carbonyl (C=O) groups is 1. The number of amides is 1. The predicted molar refractivity (Wildman–Crippen MR) is 96.9 cm³/mol. The van der Waals surface area contributed by atoms with Gasteiger partial charge in [-0.25, -0.2) is 0 Å². The maximum Gasteiger partial charge on any atom is 0.257 e. The molecule has 0 unspecified atom stereocenters. The summed E-state index contributed by atoms with van der Waals surface area (Å²) in [6.45, 7) is 4.06. The van der Waals surface area contributed by atoms with Crippen LogP contribution in [0.15, 0.2) is 48.5 Å². The third-order valence-electron chi connectivity index (χ3n) is 4.56. The van der Waals surface area contributed by atoms with E-state index in [0.717, 1.165) is 26.1 Å². The van der Waals surface area contributed by atoms with E-state index in [1.165, 1.54) is 18.7 Å². The highest BCUT2D eigenvalue weighted by atomic mass is 16.5. The van der Waals surface area contributed by atoms with Crippen molar-refractivity contribution in [2.45, 2.75) is 13.0 Å². The summed E-state index contributed by atoms with van der Waals surface area (Å²) in [6.07, 6.45) is 0.926. The van der Waals surface area contributed by atoms with Crippen LogP contribution in [0.5, 0.6) is 11.5 Å². The molecule has 0 radical (unpaired) electrons. The number of aromatic hydroxyl groups is 1. The zero-order valence-corrected chi connectivity index (χ0v) is 14.5. The van der Waals surface area contributed by atoms with Gasteiger partial charge in [0.2, 0.25) is 0 Å². The topological polar surface area (TPSA) is 53.0 Å². The minimum Gasteiger partial charge on any atom is -0.507 e. The molecule has 0 bridgehead atoms. The molecule has 5 heteroatoms. The molecule has 1 fully saturated rings. The molecule has 0 saturated carbocycles. The summed E-state index contributed by atoms with van der Waals surface area (Å²) in [5.74, 6) is 0.385. The first kappa shape index (κ1) is 17.3. The van der Waals surface area contributed by atoms with Gasteiger partial charge in [0.1, 0.15) is 11.5 Å². The second-order valence-corrected chi connectivity index (χ2v) is 6.29. The third kappa shape index (κ3) is 4.31. The van der Waals surface area contributed by atoms with Crippen LogP contribution in [0.25, 0.3) is 0 Å². The van der Waals surface area contributed by atoms with Crippen LogP contribution < -0.4 is 4.74 Å². The zero-order chi connectivity index (χ0) is 17.6. The van der Waals surface area contributed by atoms with E-state index in [4.69, 9.17) is 4.74 Å². The number of phenolic OH excluding ortho intramolecular Hbond substituents is 1. The van der Waals surface area contributed by atoms with Crippen LogP contribution in [0.4, 0.5) is 0 Å². The van der Waals surface area contributed by atoms with Crippen molar-refractivity contribution >= 4 is 5.91 Å². The quantitative estimate of drug-likeness (QED) is 0.930. The fraction of sp³-hybridized carbons (Fsp3) is 0.350. The Morgan fingerprint density at radius 1 is 1.08 bits per heavy atom. The lowest BCUT2D eigenvalue weighted by molar-refractivity contribution is 0.0758. The van der Waals surface area contributed by atoms with Gasteiger partial charge in [0.25, 0.3) is 5.91 Å². The molecule has 1 aliphatic rings. The van der Waals surface area contributed by atoms with Crippen molar-refractivity contribution in [3.8, 4) is 11.5 Å². The van der Waals surface area contributed by atoms with Gasteiger partial charge in [0.15, 0.2) is 0 Å². The Bertz CT molecular complexity index is 718. The van der Waals surface area contributed by atoms with E-state index in [0.29, 0.717) is 24.4 Å². The summed E-state index contributed by atoms with van der Waals surface area (Å²) in [6, 6.07) is 15.2. The Morgan fingerprint density at radius 2 is 1.88 bits per heavy atom. The van der Waals surface area contributed by atoms with E-state index in [1.54, 1.807) is 12.1 Å². The Kier molecular flexibility index (Phi) is 5.56. The van der Waals surface area contributed by atoms with E-state index in [9.17, 15) is 9.90 Å². The van der Waals surface area contributed by atoms with E-state index in [2.05, 4.69) is 29.2 Å². The molecule has 1 heterocycles. The molecule has 2 aromatic rings. The first-order valence-electron chi connectivity index (χ1n) is 8.60. The van der Waals surface area contributed by atoms with Gasteiger partial charge in [-0.2, -0.15) is 0 Å². The molecule has 1 N–H and O–H groups in total. The molecular formula is C20H24N2O3. The van der Waals surface area contributed by atoms with Gasteiger partial charge in [-0.3, -0.25) is 9.69 Å². The van der Waals surface area contributed by atoms with Crippen molar-refractivity contribution in [3.05, 3.63) is 59.7 Å². The fourth-order valence-electron chi connectivity index (χ4n) is 3.16. The van der Waals surface area contributed by atoms with Gasteiger partial charge >= 0.3 is 0 Å². The summed E-state index contributed by atoms with van der Waals surface area (Å²) < 4.78 is 5.07. The molecular weight excluding hydrogens is 316 g/mol. The van der Waals surface area contributed by atoms with Crippen LogP contribution in [0.3, 0.4) is 0 Å². The first-order chi connectivity index (χ1) is 12.2. The molecule has 2 aromatic carbocycles. The van der Waals surface area contributed by atoms with E-state index in [1.807, 2.05) is 11.0 Å². The number of phenols is 1. The second kappa shape index (κ2) is 8.03. The highest BCUT2D eigenvalue weighted by molar-refractivity contribution is 5.97. The first-order valence-corrected chi connectivity index (χ1v) is 8.60. The summed E-state index contributed by atoms with van der Waals surface area (Å²) in [4.78, 5) is 16.9. The van der Waals surface area contributed by atoms with Crippen LogP contribution in [-0.2, 0) is 6.54 Å². The number of rotatable bonds is 4. The second-order valence-electron chi connectivity index (χ2n) is 6.29. The van der Waals surface area contributed by atoms with Crippen molar-refractivity contribution in [3.63, 3.8) is 0 Å². The van der Waals surface area contributed by atoms with Gasteiger partial charge in [-0.15, -0.1) is 0 Å². The molecule has 1 saturated heterocycles. The maximum atomic E-state index is 12.7. The molecule has 132 valence electrons. The molecule has 1 amide bonds. The minimum absolute atomic E-state index is 0.0326. The zero-order valence-electron chi connectivity index (χ0n) is 14.5. The smallest absolute Gasteiger partial charge is 0.257 e. The van der Waals surface area contributed by atoms with Crippen LogP contribution in [0, 0.1) is 0 Å². The number of carbonyl (C=O) groups excluding carboxylic acids is 1. The van der Waals surface area contributed by atoms with E-state index < -0.39 is 0 Å². The lowest BCUT2D eigenvalue weighted by Crippen LogP contribution is -2.35. The summed E-state index contributed by atoms with van der Waals surface area (Å²) >= 11 is 0. The van der Waals surface area contributed by atoms with Crippen LogP contribution >= 0.6 is 0 Å². The average Bonchev–Trinajstić information content (AvgIpc) is 2.87. The molecule has 0 aromatic heterocycles. The van der Waals surface area contributed by atoms with Crippen LogP contribution in [0.1, 0.15) is 22.3 Å². The normalized spacial score (nSPS) is 15.6. The third-order valence-corrected chi connectivity index (χ3v) is 4.56. The molecule has 0 spiro atoms. The lowest BCUT2D eigenvalue weighted by atomic mass is 10.1. The largest absolute Gasteiger partial charge is 0.507 e. The Morgan fingerprint density at radius 3 is 2.60 bits per heavy atom.